The number of carbonyl (C=O) groups excluding carboxylic acids is 3. The lowest BCUT2D eigenvalue weighted by atomic mass is 9.85. The number of halogens is 1. The van der Waals surface area contributed by atoms with Crippen molar-refractivity contribution in [3.63, 3.8) is 0 Å². The van der Waals surface area contributed by atoms with Crippen LogP contribution in [0.2, 0.25) is 0 Å². The summed E-state index contributed by atoms with van der Waals surface area (Å²) in [6, 6.07) is 12.6. The molecule has 1 heterocycles. The van der Waals surface area contributed by atoms with Crippen LogP contribution >= 0.6 is 0 Å². The van der Waals surface area contributed by atoms with Gasteiger partial charge >= 0.3 is 12.0 Å². The highest BCUT2D eigenvalue weighted by molar-refractivity contribution is 6.10. The van der Waals surface area contributed by atoms with Crippen molar-refractivity contribution in [3.8, 4) is 0 Å². The van der Waals surface area contributed by atoms with Crippen molar-refractivity contribution in [2.24, 2.45) is 0 Å². The number of benzene rings is 2. The minimum Gasteiger partial charge on any atom is -0.481 e. The molecule has 1 saturated heterocycles. The van der Waals surface area contributed by atoms with Gasteiger partial charge in [0.1, 0.15) is 17.9 Å². The van der Waals surface area contributed by atoms with E-state index in [9.17, 15) is 23.6 Å². The third-order valence-corrected chi connectivity index (χ3v) is 4.57. The van der Waals surface area contributed by atoms with Gasteiger partial charge in [0.15, 0.2) is 0 Å². The molecule has 1 aliphatic heterocycles. The largest absolute Gasteiger partial charge is 0.481 e. The fourth-order valence-corrected chi connectivity index (χ4v) is 3.21. The van der Waals surface area contributed by atoms with E-state index in [4.69, 9.17) is 5.11 Å². The molecule has 1 atom stereocenters. The quantitative estimate of drug-likeness (QED) is 0.617. The number of urea groups is 1. The second kappa shape index (κ2) is 8.09. The molecule has 4 amide bonds. The highest BCUT2D eigenvalue weighted by Gasteiger charge is 2.52. The molecule has 0 bridgehead atoms. The molecule has 3 rings (SSSR count). The number of carboxylic acid groups (broad SMARTS) is 1. The van der Waals surface area contributed by atoms with Gasteiger partial charge in [-0.25, -0.2) is 9.18 Å². The molecule has 0 saturated carbocycles. The SMILES string of the molecule is O=C(O)CC[C@@]1(c2ccccc2)NC(=O)N(CC(=O)Nc2cccc(F)c2)C1=O. The molecular weight excluding hydrogens is 381 g/mol. The molecule has 0 spiro atoms. The second-order valence-corrected chi connectivity index (χ2v) is 6.55. The van der Waals surface area contributed by atoms with Gasteiger partial charge in [-0.2, -0.15) is 0 Å². The van der Waals surface area contributed by atoms with Crippen LogP contribution in [0.3, 0.4) is 0 Å². The van der Waals surface area contributed by atoms with Crippen molar-refractivity contribution >= 4 is 29.5 Å². The molecule has 2 aromatic rings. The third-order valence-electron chi connectivity index (χ3n) is 4.57. The number of anilines is 1. The Morgan fingerprint density at radius 2 is 1.83 bits per heavy atom. The van der Waals surface area contributed by atoms with E-state index in [-0.39, 0.29) is 18.5 Å². The molecule has 0 aliphatic carbocycles. The zero-order chi connectivity index (χ0) is 21.0. The van der Waals surface area contributed by atoms with Crippen molar-refractivity contribution in [1.82, 2.24) is 10.2 Å². The molecule has 150 valence electrons. The minimum atomic E-state index is -1.57. The summed E-state index contributed by atoms with van der Waals surface area (Å²) >= 11 is 0. The first kappa shape index (κ1) is 20.0. The summed E-state index contributed by atoms with van der Waals surface area (Å²) in [5.74, 6) is -3.08. The molecule has 0 unspecified atom stereocenters. The topological polar surface area (TPSA) is 116 Å². The number of hydrogen-bond donors (Lipinski definition) is 3. The maximum Gasteiger partial charge on any atom is 0.325 e. The zero-order valence-corrected chi connectivity index (χ0v) is 15.2. The van der Waals surface area contributed by atoms with Gasteiger partial charge in [0.05, 0.1) is 0 Å². The predicted octanol–water partition coefficient (Wildman–Crippen LogP) is 2.08. The van der Waals surface area contributed by atoms with Gasteiger partial charge in [-0.15, -0.1) is 0 Å². The van der Waals surface area contributed by atoms with Crippen LogP contribution in [-0.4, -0.2) is 40.4 Å². The lowest BCUT2D eigenvalue weighted by Gasteiger charge is -2.26. The Bertz CT molecular complexity index is 966. The maximum atomic E-state index is 13.3. The van der Waals surface area contributed by atoms with Crippen LogP contribution < -0.4 is 10.6 Å². The molecule has 0 aromatic heterocycles. The Morgan fingerprint density at radius 3 is 2.48 bits per heavy atom. The number of carboxylic acids is 1. The van der Waals surface area contributed by atoms with Crippen molar-refractivity contribution < 1.29 is 28.7 Å². The van der Waals surface area contributed by atoms with Gasteiger partial charge in [0, 0.05) is 12.1 Å². The van der Waals surface area contributed by atoms with E-state index in [1.807, 2.05) is 0 Å². The van der Waals surface area contributed by atoms with E-state index in [0.29, 0.717) is 5.56 Å². The van der Waals surface area contributed by atoms with Gasteiger partial charge in [-0.1, -0.05) is 36.4 Å². The number of aliphatic carboxylic acids is 1. The van der Waals surface area contributed by atoms with Crippen molar-refractivity contribution in [3.05, 3.63) is 66.0 Å². The molecule has 0 radical (unpaired) electrons. The zero-order valence-electron chi connectivity index (χ0n) is 15.2. The average molecular weight is 399 g/mol. The van der Waals surface area contributed by atoms with Crippen molar-refractivity contribution in [2.75, 3.05) is 11.9 Å². The average Bonchev–Trinajstić information content (AvgIpc) is 2.92. The van der Waals surface area contributed by atoms with Gasteiger partial charge in [0.2, 0.25) is 5.91 Å². The van der Waals surface area contributed by atoms with Crippen LogP contribution in [0.15, 0.2) is 54.6 Å². The van der Waals surface area contributed by atoms with E-state index in [0.717, 1.165) is 11.0 Å². The number of nitrogens with one attached hydrogen (secondary N) is 2. The molecule has 2 aromatic carbocycles. The summed E-state index contributed by atoms with van der Waals surface area (Å²) in [5.41, 5.74) is -0.967. The summed E-state index contributed by atoms with van der Waals surface area (Å²) in [4.78, 5) is 49.7. The summed E-state index contributed by atoms with van der Waals surface area (Å²) in [6.07, 6.45) is -0.525. The van der Waals surface area contributed by atoms with Crippen molar-refractivity contribution in [2.45, 2.75) is 18.4 Å². The van der Waals surface area contributed by atoms with Gasteiger partial charge in [-0.3, -0.25) is 19.3 Å². The molecule has 29 heavy (non-hydrogen) atoms. The molecule has 8 nitrogen and oxygen atoms in total. The van der Waals surface area contributed by atoms with E-state index < -0.39 is 41.7 Å². The number of hydrogen-bond acceptors (Lipinski definition) is 4. The highest BCUT2D eigenvalue weighted by atomic mass is 19.1. The normalized spacial score (nSPS) is 18.4. The third kappa shape index (κ3) is 4.23. The monoisotopic (exact) mass is 399 g/mol. The number of imide groups is 1. The first-order valence-electron chi connectivity index (χ1n) is 8.79. The summed E-state index contributed by atoms with van der Waals surface area (Å²) in [5, 5.41) is 14.0. The second-order valence-electron chi connectivity index (χ2n) is 6.55. The Hall–Kier alpha value is -3.75. The van der Waals surface area contributed by atoms with Crippen LogP contribution in [-0.2, 0) is 19.9 Å². The molecule has 1 aliphatic rings. The van der Waals surface area contributed by atoms with Crippen LogP contribution in [0.25, 0.3) is 0 Å². The Labute approximate surface area is 165 Å². The molecule has 1 fully saturated rings. The first-order chi connectivity index (χ1) is 13.8. The summed E-state index contributed by atoms with van der Waals surface area (Å²) < 4.78 is 13.3. The van der Waals surface area contributed by atoms with Crippen LogP contribution in [0.4, 0.5) is 14.9 Å². The Kier molecular flexibility index (Phi) is 5.58. The highest BCUT2D eigenvalue weighted by Crippen LogP contribution is 2.33. The summed E-state index contributed by atoms with van der Waals surface area (Å²) in [7, 11) is 0. The van der Waals surface area contributed by atoms with E-state index >= 15 is 0 Å². The smallest absolute Gasteiger partial charge is 0.325 e. The number of rotatable bonds is 7. The minimum absolute atomic E-state index is 0.168. The van der Waals surface area contributed by atoms with Crippen LogP contribution in [0, 0.1) is 5.82 Å². The number of nitrogens with zero attached hydrogens (tertiary/aromatic N) is 1. The van der Waals surface area contributed by atoms with E-state index in [2.05, 4.69) is 10.6 Å². The Morgan fingerprint density at radius 1 is 1.10 bits per heavy atom. The standard InChI is InChI=1S/C20H18FN3O5/c21-14-7-4-8-15(11-14)22-16(25)12-24-18(28)20(23-19(24)29,10-9-17(26)27)13-5-2-1-3-6-13/h1-8,11H,9-10,12H2,(H,22,25)(H,23,29)(H,26,27)/t20-/m0/s1. The van der Waals surface area contributed by atoms with Crippen LogP contribution in [0.1, 0.15) is 18.4 Å². The Balaban J connectivity index is 1.82. The molecule has 9 heteroatoms. The number of carbonyl (C=O) groups is 4. The van der Waals surface area contributed by atoms with Gasteiger partial charge < -0.3 is 15.7 Å². The van der Waals surface area contributed by atoms with Gasteiger partial charge in [-0.05, 0) is 30.2 Å². The van der Waals surface area contributed by atoms with Crippen molar-refractivity contribution in [1.29, 1.82) is 0 Å². The maximum absolute atomic E-state index is 13.3. The lowest BCUT2D eigenvalue weighted by Crippen LogP contribution is -2.45. The van der Waals surface area contributed by atoms with Gasteiger partial charge in [0.25, 0.3) is 5.91 Å². The molecular formula is C20H18FN3O5. The summed E-state index contributed by atoms with van der Waals surface area (Å²) in [6.45, 7) is -0.594. The van der Waals surface area contributed by atoms with E-state index in [1.54, 1.807) is 30.3 Å². The molecule has 3 N–H and O–H groups in total. The predicted molar refractivity (Wildman–Crippen MR) is 100 cm³/mol. The first-order valence-corrected chi connectivity index (χ1v) is 8.79. The van der Waals surface area contributed by atoms with E-state index in [1.165, 1.54) is 18.2 Å². The van der Waals surface area contributed by atoms with Crippen LogP contribution in [0.5, 0.6) is 0 Å². The lowest BCUT2D eigenvalue weighted by molar-refractivity contribution is -0.138. The fraction of sp³-hybridized carbons (Fsp3) is 0.200. The number of amides is 4. The fourth-order valence-electron chi connectivity index (χ4n) is 3.21.